The third-order valence-corrected chi connectivity index (χ3v) is 5.96. The molecule has 1 saturated heterocycles. The second kappa shape index (κ2) is 9.72. The molecular weight excluding hydrogens is 455 g/mol. The van der Waals surface area contributed by atoms with E-state index in [0.717, 1.165) is 42.9 Å². The zero-order valence-electron chi connectivity index (χ0n) is 19.4. The van der Waals surface area contributed by atoms with Crippen LogP contribution in [0.15, 0.2) is 41.2 Å². The molecule has 0 saturated carbocycles. The molecule has 1 aliphatic rings. The van der Waals surface area contributed by atoms with E-state index in [1.807, 2.05) is 18.2 Å². The molecule has 5 rings (SSSR count). The summed E-state index contributed by atoms with van der Waals surface area (Å²) in [6.45, 7) is 5.14. The van der Waals surface area contributed by atoms with E-state index in [2.05, 4.69) is 31.8 Å². The maximum atomic E-state index is 14.3. The number of benzene rings is 2. The molecule has 1 aliphatic heterocycles. The lowest BCUT2D eigenvalue weighted by atomic mass is 10.1. The molecule has 1 atom stereocenters. The van der Waals surface area contributed by atoms with E-state index in [0.29, 0.717) is 11.3 Å². The standard InChI is InChI=1S/C21H21FN6O.C3H6O3/c1-27-7-9-28(10-8-27)12-5-6-14-16(11-12)25-20(24-14)18-19(23)17-13(22)3-2-4-15(17)26-21(18)29;1-2(4)3(5)6/h2-6,11H,7-10H2,1H3,(H,24,25)(H3,23,26,29);2,4H,1H3,(H,5,6). The van der Waals surface area contributed by atoms with Gasteiger partial charge in [0.2, 0.25) is 0 Å². The largest absolute Gasteiger partial charge is 0.479 e. The van der Waals surface area contributed by atoms with E-state index in [1.54, 1.807) is 6.07 Å². The highest BCUT2D eigenvalue weighted by molar-refractivity contribution is 5.98. The van der Waals surface area contributed by atoms with Gasteiger partial charge >= 0.3 is 5.97 Å². The molecule has 10 nitrogen and oxygen atoms in total. The molecule has 1 fully saturated rings. The average molecular weight is 483 g/mol. The summed E-state index contributed by atoms with van der Waals surface area (Å²) in [6, 6.07) is 10.5. The number of nitrogens with one attached hydrogen (secondary N) is 2. The van der Waals surface area contributed by atoms with Crippen LogP contribution in [-0.2, 0) is 4.79 Å². The summed E-state index contributed by atoms with van der Waals surface area (Å²) in [5, 5.41) is 16.0. The first-order valence-electron chi connectivity index (χ1n) is 11.1. The van der Waals surface area contributed by atoms with Gasteiger partial charge in [-0.1, -0.05) is 6.07 Å². The Hall–Kier alpha value is -3.96. The first-order chi connectivity index (χ1) is 16.7. The number of aliphatic hydroxyl groups excluding tert-OH is 1. The Kier molecular flexibility index (Phi) is 6.72. The van der Waals surface area contributed by atoms with Crippen molar-refractivity contribution in [3.63, 3.8) is 0 Å². The minimum absolute atomic E-state index is 0.0835. The zero-order valence-corrected chi connectivity index (χ0v) is 19.4. The van der Waals surface area contributed by atoms with Crippen LogP contribution >= 0.6 is 0 Å². The number of piperazine rings is 1. The first kappa shape index (κ1) is 24.2. The summed E-state index contributed by atoms with van der Waals surface area (Å²) in [5.74, 6) is -1.33. The van der Waals surface area contributed by atoms with Crippen LogP contribution in [0, 0.1) is 5.82 Å². The van der Waals surface area contributed by atoms with Crippen LogP contribution in [-0.4, -0.2) is 75.4 Å². The van der Waals surface area contributed by atoms with E-state index >= 15 is 0 Å². The SMILES string of the molecule is CC(O)C(=O)O.CN1CCN(c2ccc3nc(-c4c(N)c5c(F)cccc5[nH]c4=O)[nH]c3c2)CC1. The van der Waals surface area contributed by atoms with Crippen LogP contribution in [0.3, 0.4) is 0 Å². The zero-order chi connectivity index (χ0) is 25.3. The molecule has 11 heteroatoms. The Balaban J connectivity index is 0.000000431. The number of fused-ring (bicyclic) bond motifs is 2. The van der Waals surface area contributed by atoms with Crippen LogP contribution in [0.2, 0.25) is 0 Å². The number of likely N-dealkylation sites (N-methyl/N-ethyl adjacent to an activating group) is 1. The number of carboxylic acid groups (broad SMARTS) is 1. The molecule has 3 heterocycles. The molecule has 0 spiro atoms. The van der Waals surface area contributed by atoms with Gasteiger partial charge < -0.3 is 35.7 Å². The number of aliphatic carboxylic acids is 1. The average Bonchev–Trinajstić information content (AvgIpc) is 3.22. The number of H-pyrrole nitrogens is 2. The molecular formula is C24H27FN6O4. The predicted octanol–water partition coefficient (Wildman–Crippen LogP) is 2.00. The number of anilines is 2. The van der Waals surface area contributed by atoms with Crippen LogP contribution in [0.5, 0.6) is 0 Å². The van der Waals surface area contributed by atoms with Crippen molar-refractivity contribution in [1.29, 1.82) is 0 Å². The number of nitrogen functional groups attached to an aromatic ring is 1. The van der Waals surface area contributed by atoms with Gasteiger partial charge in [0.1, 0.15) is 23.3 Å². The maximum Gasteiger partial charge on any atom is 0.332 e. The smallest absolute Gasteiger partial charge is 0.332 e. The van der Waals surface area contributed by atoms with E-state index in [4.69, 9.17) is 15.9 Å². The number of hydrogen-bond acceptors (Lipinski definition) is 7. The summed E-state index contributed by atoms with van der Waals surface area (Å²) < 4.78 is 14.3. The molecule has 0 aliphatic carbocycles. The van der Waals surface area contributed by atoms with E-state index < -0.39 is 23.4 Å². The van der Waals surface area contributed by atoms with Crippen molar-refractivity contribution in [3.8, 4) is 11.4 Å². The third-order valence-electron chi connectivity index (χ3n) is 5.96. The summed E-state index contributed by atoms with van der Waals surface area (Å²) in [5.41, 5.74) is 9.04. The number of imidazole rings is 1. The van der Waals surface area contributed by atoms with E-state index in [1.165, 1.54) is 19.1 Å². The summed E-state index contributed by atoms with van der Waals surface area (Å²) in [4.78, 5) is 37.2. The number of nitrogens with two attached hydrogens (primary N) is 1. The number of nitrogens with zero attached hydrogens (tertiary/aromatic N) is 3. The number of hydrogen-bond donors (Lipinski definition) is 5. The van der Waals surface area contributed by atoms with Crippen molar-refractivity contribution in [3.05, 3.63) is 52.6 Å². The minimum atomic E-state index is -1.23. The highest BCUT2D eigenvalue weighted by Gasteiger charge is 2.19. The highest BCUT2D eigenvalue weighted by atomic mass is 19.1. The maximum absolute atomic E-state index is 14.3. The van der Waals surface area contributed by atoms with Gasteiger partial charge in [0, 0.05) is 31.9 Å². The van der Waals surface area contributed by atoms with Gasteiger partial charge in [-0.25, -0.2) is 14.2 Å². The highest BCUT2D eigenvalue weighted by Crippen LogP contribution is 2.30. The van der Waals surface area contributed by atoms with Crippen molar-refractivity contribution in [1.82, 2.24) is 19.9 Å². The Morgan fingerprint density at radius 2 is 1.83 bits per heavy atom. The molecule has 0 bridgehead atoms. The molecule has 0 amide bonds. The number of pyridine rings is 1. The van der Waals surface area contributed by atoms with Gasteiger partial charge in [-0.15, -0.1) is 0 Å². The van der Waals surface area contributed by atoms with Crippen LogP contribution in [0.25, 0.3) is 33.3 Å². The lowest BCUT2D eigenvalue weighted by molar-refractivity contribution is -0.145. The fourth-order valence-corrected chi connectivity index (χ4v) is 3.95. The van der Waals surface area contributed by atoms with Crippen molar-refractivity contribution < 1.29 is 19.4 Å². The van der Waals surface area contributed by atoms with Gasteiger partial charge in [-0.05, 0) is 44.3 Å². The van der Waals surface area contributed by atoms with Crippen molar-refractivity contribution in [2.24, 2.45) is 0 Å². The Morgan fingerprint density at radius 1 is 1.14 bits per heavy atom. The number of aromatic amines is 2. The number of halogens is 1. The second-order valence-corrected chi connectivity index (χ2v) is 8.50. The third kappa shape index (κ3) is 4.96. The topological polar surface area (TPSA) is 152 Å². The van der Waals surface area contributed by atoms with Gasteiger partial charge in [-0.2, -0.15) is 0 Å². The fourth-order valence-electron chi connectivity index (χ4n) is 3.95. The fraction of sp³-hybridized carbons (Fsp3) is 0.292. The molecule has 184 valence electrons. The number of aliphatic hydroxyl groups is 1. The number of carbonyl (C=O) groups is 1. The van der Waals surface area contributed by atoms with Crippen LogP contribution in [0.1, 0.15) is 6.92 Å². The number of rotatable bonds is 3. The van der Waals surface area contributed by atoms with Gasteiger partial charge in [0.05, 0.1) is 27.6 Å². The molecule has 0 radical (unpaired) electrons. The minimum Gasteiger partial charge on any atom is -0.479 e. The number of aromatic nitrogens is 3. The number of carboxylic acids is 1. The summed E-state index contributed by atoms with van der Waals surface area (Å²) in [6.07, 6.45) is -1.23. The lowest BCUT2D eigenvalue weighted by Gasteiger charge is -2.34. The molecule has 2 aromatic heterocycles. The lowest BCUT2D eigenvalue weighted by Crippen LogP contribution is -2.44. The summed E-state index contributed by atoms with van der Waals surface area (Å²) in [7, 11) is 2.12. The van der Waals surface area contributed by atoms with Gasteiger partial charge in [0.25, 0.3) is 5.56 Å². The predicted molar refractivity (Wildman–Crippen MR) is 133 cm³/mol. The van der Waals surface area contributed by atoms with Gasteiger partial charge in [0.15, 0.2) is 0 Å². The van der Waals surface area contributed by atoms with Crippen LogP contribution < -0.4 is 16.2 Å². The molecule has 6 N–H and O–H groups in total. The van der Waals surface area contributed by atoms with Crippen molar-refractivity contribution >= 4 is 39.3 Å². The molecule has 35 heavy (non-hydrogen) atoms. The van der Waals surface area contributed by atoms with Gasteiger partial charge in [-0.3, -0.25) is 4.79 Å². The summed E-state index contributed by atoms with van der Waals surface area (Å²) >= 11 is 0. The Bertz CT molecular complexity index is 1440. The Labute approximate surface area is 199 Å². The molecule has 1 unspecified atom stereocenters. The van der Waals surface area contributed by atoms with E-state index in [-0.39, 0.29) is 16.6 Å². The first-order valence-corrected chi connectivity index (χ1v) is 11.1. The monoisotopic (exact) mass is 482 g/mol. The molecule has 2 aromatic carbocycles. The Morgan fingerprint density at radius 3 is 2.49 bits per heavy atom. The van der Waals surface area contributed by atoms with E-state index in [9.17, 15) is 14.0 Å². The quantitative estimate of drug-likeness (QED) is 0.297. The van der Waals surface area contributed by atoms with Crippen molar-refractivity contribution in [2.75, 3.05) is 43.9 Å². The van der Waals surface area contributed by atoms with Crippen LogP contribution in [0.4, 0.5) is 15.8 Å². The normalized spacial score (nSPS) is 15.1. The molecule has 4 aromatic rings. The second-order valence-electron chi connectivity index (χ2n) is 8.50. The van der Waals surface area contributed by atoms with Crippen molar-refractivity contribution in [2.45, 2.75) is 13.0 Å².